The predicted molar refractivity (Wildman–Crippen MR) is 57.8 cm³/mol. The second-order valence-corrected chi connectivity index (χ2v) is 3.39. The molecule has 14 heavy (non-hydrogen) atoms. The molecule has 80 valence electrons. The molecule has 0 aliphatic rings. The summed E-state index contributed by atoms with van der Waals surface area (Å²) < 4.78 is 5.11. The van der Waals surface area contributed by atoms with Gasteiger partial charge in [0, 0.05) is 6.42 Å². The molecule has 0 aromatic carbocycles. The third kappa shape index (κ3) is 6.54. The summed E-state index contributed by atoms with van der Waals surface area (Å²) in [5, 5.41) is 0. The van der Waals surface area contributed by atoms with Crippen LogP contribution in [0.1, 0.15) is 52.4 Å². The molecule has 0 fully saturated rings. The van der Waals surface area contributed by atoms with Crippen molar-refractivity contribution < 1.29 is 9.53 Å². The number of hydrogen-bond acceptors (Lipinski definition) is 2. The Morgan fingerprint density at radius 1 is 1.36 bits per heavy atom. The van der Waals surface area contributed by atoms with Crippen LogP contribution >= 0.6 is 0 Å². The Hall–Kier alpha value is -0.970. The van der Waals surface area contributed by atoms with Crippen molar-refractivity contribution in [1.29, 1.82) is 0 Å². The van der Waals surface area contributed by atoms with Crippen LogP contribution in [0.25, 0.3) is 0 Å². The summed E-state index contributed by atoms with van der Waals surface area (Å²) in [5.74, 6) is 2.33. The normalized spacial score (nSPS) is 11.8. The molecule has 0 N–H and O–H groups in total. The lowest BCUT2D eigenvalue weighted by atomic mass is 10.1. The Morgan fingerprint density at radius 3 is 2.57 bits per heavy atom. The zero-order valence-electron chi connectivity index (χ0n) is 9.21. The van der Waals surface area contributed by atoms with Crippen LogP contribution in [0.3, 0.4) is 0 Å². The van der Waals surface area contributed by atoms with E-state index in [1.807, 2.05) is 6.92 Å². The highest BCUT2D eigenvalue weighted by Crippen LogP contribution is 2.07. The first-order chi connectivity index (χ1) is 6.74. The highest BCUT2D eigenvalue weighted by atomic mass is 16.5. The van der Waals surface area contributed by atoms with Crippen molar-refractivity contribution in [3.63, 3.8) is 0 Å². The van der Waals surface area contributed by atoms with Crippen molar-refractivity contribution in [2.24, 2.45) is 0 Å². The van der Waals surface area contributed by atoms with Crippen LogP contribution in [-0.4, -0.2) is 12.1 Å². The van der Waals surface area contributed by atoms with Gasteiger partial charge in [0.1, 0.15) is 0 Å². The topological polar surface area (TPSA) is 26.3 Å². The van der Waals surface area contributed by atoms with Crippen molar-refractivity contribution in [2.75, 3.05) is 0 Å². The predicted octanol–water partition coefficient (Wildman–Crippen LogP) is 2.91. The van der Waals surface area contributed by atoms with Gasteiger partial charge in [-0.3, -0.25) is 4.79 Å². The molecule has 0 bridgehead atoms. The number of ether oxygens (including phenoxy) is 1. The van der Waals surface area contributed by atoms with E-state index in [0.29, 0.717) is 6.42 Å². The Bertz CT molecular complexity index is 191. The average Bonchev–Trinajstić information content (AvgIpc) is 2.17. The van der Waals surface area contributed by atoms with Crippen LogP contribution < -0.4 is 0 Å². The van der Waals surface area contributed by atoms with Gasteiger partial charge in [-0.25, -0.2) is 0 Å². The largest absolute Gasteiger partial charge is 0.449 e. The first-order valence-corrected chi connectivity index (χ1v) is 5.40. The standard InChI is InChI=1S/C12H20O2/c1-4-7-8-10-11(6-3)14-12(13)9-5-2/h3,11H,4-5,7-10H2,1-2H3. The van der Waals surface area contributed by atoms with Gasteiger partial charge in [-0.1, -0.05) is 32.6 Å². The molecule has 0 spiro atoms. The lowest BCUT2D eigenvalue weighted by Gasteiger charge is -2.11. The van der Waals surface area contributed by atoms with Crippen molar-refractivity contribution in [3.05, 3.63) is 0 Å². The van der Waals surface area contributed by atoms with Crippen LogP contribution in [0.4, 0.5) is 0 Å². The summed E-state index contributed by atoms with van der Waals surface area (Å²) in [7, 11) is 0. The minimum absolute atomic E-state index is 0.174. The lowest BCUT2D eigenvalue weighted by Crippen LogP contribution is -2.16. The SMILES string of the molecule is C#CC(CCCCC)OC(=O)CCC. The maximum Gasteiger partial charge on any atom is 0.307 e. The minimum atomic E-state index is -0.319. The fourth-order valence-electron chi connectivity index (χ4n) is 1.18. The van der Waals surface area contributed by atoms with E-state index in [1.165, 1.54) is 0 Å². The van der Waals surface area contributed by atoms with Gasteiger partial charge >= 0.3 is 5.97 Å². The quantitative estimate of drug-likeness (QED) is 0.355. The van der Waals surface area contributed by atoms with E-state index in [9.17, 15) is 4.79 Å². The molecule has 0 amide bonds. The zero-order chi connectivity index (χ0) is 10.8. The van der Waals surface area contributed by atoms with Crippen LogP contribution in [0.2, 0.25) is 0 Å². The van der Waals surface area contributed by atoms with E-state index >= 15 is 0 Å². The fourth-order valence-corrected chi connectivity index (χ4v) is 1.18. The molecule has 0 aliphatic heterocycles. The molecule has 1 atom stereocenters. The minimum Gasteiger partial charge on any atom is -0.449 e. The van der Waals surface area contributed by atoms with E-state index in [4.69, 9.17) is 11.2 Å². The monoisotopic (exact) mass is 196 g/mol. The van der Waals surface area contributed by atoms with Gasteiger partial charge in [0.2, 0.25) is 0 Å². The second-order valence-electron chi connectivity index (χ2n) is 3.39. The number of esters is 1. The van der Waals surface area contributed by atoms with Crippen molar-refractivity contribution in [2.45, 2.75) is 58.5 Å². The highest BCUT2D eigenvalue weighted by molar-refractivity contribution is 5.69. The van der Waals surface area contributed by atoms with Gasteiger partial charge in [-0.15, -0.1) is 6.42 Å². The van der Waals surface area contributed by atoms with Crippen LogP contribution in [0, 0.1) is 12.3 Å². The summed E-state index contributed by atoms with van der Waals surface area (Å²) >= 11 is 0. The summed E-state index contributed by atoms with van der Waals surface area (Å²) in [6, 6.07) is 0. The zero-order valence-corrected chi connectivity index (χ0v) is 9.21. The molecular weight excluding hydrogens is 176 g/mol. The van der Waals surface area contributed by atoms with Gasteiger partial charge < -0.3 is 4.74 Å². The number of carbonyl (C=O) groups is 1. The smallest absolute Gasteiger partial charge is 0.307 e. The Balaban J connectivity index is 3.68. The first-order valence-electron chi connectivity index (χ1n) is 5.40. The van der Waals surface area contributed by atoms with Gasteiger partial charge in [0.15, 0.2) is 6.10 Å². The summed E-state index contributed by atoms with van der Waals surface area (Å²) in [6.07, 6.45) is 10.3. The van der Waals surface area contributed by atoms with Crippen LogP contribution in [0.15, 0.2) is 0 Å². The van der Waals surface area contributed by atoms with E-state index in [2.05, 4.69) is 12.8 Å². The lowest BCUT2D eigenvalue weighted by molar-refractivity contribution is -0.146. The Kier molecular flexibility index (Phi) is 8.02. The summed E-state index contributed by atoms with van der Waals surface area (Å²) in [5.41, 5.74) is 0. The first kappa shape index (κ1) is 13.0. The molecule has 0 aliphatic carbocycles. The molecule has 0 heterocycles. The number of terminal acetylenes is 1. The number of hydrogen-bond donors (Lipinski definition) is 0. The molecule has 2 nitrogen and oxygen atoms in total. The molecule has 0 aromatic heterocycles. The van der Waals surface area contributed by atoms with Crippen LogP contribution in [0.5, 0.6) is 0 Å². The van der Waals surface area contributed by atoms with E-state index in [-0.39, 0.29) is 12.1 Å². The number of unbranched alkanes of at least 4 members (excludes halogenated alkanes) is 2. The third-order valence-electron chi connectivity index (χ3n) is 1.98. The molecule has 2 heteroatoms. The number of carbonyl (C=O) groups excluding carboxylic acids is 1. The maximum absolute atomic E-state index is 11.1. The van der Waals surface area contributed by atoms with Gasteiger partial charge in [-0.05, 0) is 19.3 Å². The van der Waals surface area contributed by atoms with E-state index < -0.39 is 0 Å². The fraction of sp³-hybridized carbons (Fsp3) is 0.750. The van der Waals surface area contributed by atoms with E-state index in [0.717, 1.165) is 32.1 Å². The molecule has 0 aromatic rings. The summed E-state index contributed by atoms with van der Waals surface area (Å²) in [6.45, 7) is 4.08. The van der Waals surface area contributed by atoms with Gasteiger partial charge in [0.25, 0.3) is 0 Å². The van der Waals surface area contributed by atoms with Gasteiger partial charge in [0.05, 0.1) is 0 Å². The van der Waals surface area contributed by atoms with E-state index in [1.54, 1.807) is 0 Å². The molecular formula is C12H20O2. The average molecular weight is 196 g/mol. The van der Waals surface area contributed by atoms with Crippen LogP contribution in [-0.2, 0) is 9.53 Å². The Morgan fingerprint density at radius 2 is 2.07 bits per heavy atom. The number of rotatable bonds is 7. The third-order valence-corrected chi connectivity index (χ3v) is 1.98. The van der Waals surface area contributed by atoms with Gasteiger partial charge in [-0.2, -0.15) is 0 Å². The summed E-state index contributed by atoms with van der Waals surface area (Å²) in [4.78, 5) is 11.1. The van der Waals surface area contributed by atoms with Crippen molar-refractivity contribution >= 4 is 5.97 Å². The molecule has 1 unspecified atom stereocenters. The van der Waals surface area contributed by atoms with Crippen molar-refractivity contribution in [3.8, 4) is 12.3 Å². The maximum atomic E-state index is 11.1. The molecule has 0 rings (SSSR count). The molecule has 0 radical (unpaired) electrons. The Labute approximate surface area is 87.0 Å². The van der Waals surface area contributed by atoms with Crippen molar-refractivity contribution in [1.82, 2.24) is 0 Å². The molecule has 0 saturated heterocycles. The second kappa shape index (κ2) is 8.62. The highest BCUT2D eigenvalue weighted by Gasteiger charge is 2.09. The molecule has 0 saturated carbocycles.